The highest BCUT2D eigenvalue weighted by Gasteiger charge is 2.32. The molecule has 1 N–H and O–H groups in total. The van der Waals surface area contributed by atoms with Gasteiger partial charge in [-0.1, -0.05) is 24.6 Å². The molecule has 164 valence electrons. The lowest BCUT2D eigenvalue weighted by atomic mass is 10.1. The van der Waals surface area contributed by atoms with Crippen molar-refractivity contribution in [3.05, 3.63) is 53.1 Å². The second-order valence-electron chi connectivity index (χ2n) is 6.80. The predicted molar refractivity (Wildman–Crippen MR) is 119 cm³/mol. The van der Waals surface area contributed by atoms with Crippen molar-refractivity contribution in [1.29, 1.82) is 0 Å². The van der Waals surface area contributed by atoms with Crippen LogP contribution in [0.5, 0.6) is 11.5 Å². The second-order valence-corrected chi connectivity index (χ2v) is 9.10. The normalized spacial score (nSPS) is 13.3. The predicted octanol–water partition coefficient (Wildman–Crippen LogP) is 3.78. The van der Waals surface area contributed by atoms with Crippen LogP contribution in [0.4, 0.5) is 5.69 Å². The average molecular weight is 455 g/mol. The van der Waals surface area contributed by atoms with Crippen molar-refractivity contribution in [2.24, 2.45) is 0 Å². The van der Waals surface area contributed by atoms with E-state index < -0.39 is 28.0 Å². The van der Waals surface area contributed by atoms with Crippen molar-refractivity contribution in [1.82, 2.24) is 5.32 Å². The summed E-state index contributed by atoms with van der Waals surface area (Å²) in [6, 6.07) is 10.3. The summed E-state index contributed by atoms with van der Waals surface area (Å²) in [5.74, 6) is 0.780. The number of hydrogen-bond acceptors (Lipinski definition) is 5. The van der Waals surface area contributed by atoms with Crippen LogP contribution >= 0.6 is 11.6 Å². The largest absolute Gasteiger partial charge is 0.497 e. The van der Waals surface area contributed by atoms with Crippen LogP contribution in [0.3, 0.4) is 0 Å². The molecule has 0 spiro atoms. The number of hydrogen-bond donors (Lipinski definition) is 1. The van der Waals surface area contributed by atoms with E-state index in [1.807, 2.05) is 0 Å². The van der Waals surface area contributed by atoms with Crippen LogP contribution in [-0.4, -0.2) is 40.8 Å². The van der Waals surface area contributed by atoms with Gasteiger partial charge in [0, 0.05) is 10.6 Å². The molecule has 0 radical (unpaired) electrons. The quantitative estimate of drug-likeness (QED) is 0.623. The number of halogens is 1. The Hall–Kier alpha value is -2.45. The number of methoxy groups -OCH3 is 2. The molecule has 2 rings (SSSR count). The maximum Gasteiger partial charge on any atom is 0.244 e. The van der Waals surface area contributed by atoms with Crippen LogP contribution in [-0.2, 0) is 14.8 Å². The molecule has 0 aliphatic carbocycles. The first-order valence-electron chi connectivity index (χ1n) is 9.39. The molecule has 30 heavy (non-hydrogen) atoms. The van der Waals surface area contributed by atoms with E-state index in [9.17, 15) is 13.2 Å². The first kappa shape index (κ1) is 23.8. The number of anilines is 1. The summed E-state index contributed by atoms with van der Waals surface area (Å²) in [7, 11) is -0.652. The van der Waals surface area contributed by atoms with Crippen molar-refractivity contribution >= 4 is 33.2 Å². The first-order chi connectivity index (χ1) is 14.1. The first-order valence-corrected chi connectivity index (χ1v) is 11.6. The monoisotopic (exact) mass is 454 g/mol. The summed E-state index contributed by atoms with van der Waals surface area (Å²) in [4.78, 5) is 13.1. The van der Waals surface area contributed by atoms with Crippen molar-refractivity contribution in [3.8, 4) is 11.5 Å². The number of carbonyl (C=O) groups excluding carboxylic acids is 1. The van der Waals surface area contributed by atoms with Crippen molar-refractivity contribution < 1.29 is 22.7 Å². The molecule has 9 heteroatoms. The van der Waals surface area contributed by atoms with Crippen molar-refractivity contribution in [3.63, 3.8) is 0 Å². The molecule has 0 heterocycles. The van der Waals surface area contributed by atoms with Gasteiger partial charge in [0.15, 0.2) is 0 Å². The lowest BCUT2D eigenvalue weighted by Crippen LogP contribution is -2.49. The topological polar surface area (TPSA) is 84.9 Å². The lowest BCUT2D eigenvalue weighted by Gasteiger charge is -2.31. The third-order valence-electron chi connectivity index (χ3n) is 4.65. The molecule has 2 aromatic rings. The van der Waals surface area contributed by atoms with Gasteiger partial charge < -0.3 is 14.8 Å². The molecule has 0 aliphatic heterocycles. The highest BCUT2D eigenvalue weighted by molar-refractivity contribution is 7.92. The van der Waals surface area contributed by atoms with Gasteiger partial charge >= 0.3 is 0 Å². The molecule has 0 saturated heterocycles. The highest BCUT2D eigenvalue weighted by atomic mass is 35.5. The summed E-state index contributed by atoms with van der Waals surface area (Å²) in [6.07, 6.45) is 1.34. The Morgan fingerprint density at radius 3 is 2.40 bits per heavy atom. The van der Waals surface area contributed by atoms with E-state index in [1.54, 1.807) is 64.5 Å². The zero-order valence-corrected chi connectivity index (χ0v) is 19.3. The van der Waals surface area contributed by atoms with Gasteiger partial charge in [0.05, 0.1) is 32.2 Å². The van der Waals surface area contributed by atoms with Crippen LogP contribution < -0.4 is 19.1 Å². The number of amides is 1. The zero-order valence-electron chi connectivity index (χ0n) is 17.7. The fraction of sp³-hybridized carbons (Fsp3) is 0.381. The average Bonchev–Trinajstić information content (AvgIpc) is 2.70. The Morgan fingerprint density at radius 1 is 1.17 bits per heavy atom. The van der Waals surface area contributed by atoms with Crippen molar-refractivity contribution in [2.45, 2.75) is 32.4 Å². The summed E-state index contributed by atoms with van der Waals surface area (Å²) >= 11 is 6.04. The fourth-order valence-electron chi connectivity index (χ4n) is 3.24. The van der Waals surface area contributed by atoms with Gasteiger partial charge in [-0.15, -0.1) is 0 Å². The van der Waals surface area contributed by atoms with E-state index in [-0.39, 0.29) is 6.42 Å². The van der Waals surface area contributed by atoms with E-state index in [0.29, 0.717) is 27.8 Å². The van der Waals surface area contributed by atoms with E-state index in [0.717, 1.165) is 10.6 Å². The van der Waals surface area contributed by atoms with Gasteiger partial charge in [-0.2, -0.15) is 0 Å². The van der Waals surface area contributed by atoms with Gasteiger partial charge in [0.1, 0.15) is 17.5 Å². The Bertz CT molecular complexity index is 997. The minimum atomic E-state index is -3.75. The molecule has 0 aliphatic rings. The van der Waals surface area contributed by atoms with Gasteiger partial charge in [0.25, 0.3) is 0 Å². The fourth-order valence-corrected chi connectivity index (χ4v) is 4.63. The number of benzene rings is 2. The smallest absolute Gasteiger partial charge is 0.244 e. The van der Waals surface area contributed by atoms with Crippen LogP contribution in [0, 0.1) is 0 Å². The summed E-state index contributed by atoms with van der Waals surface area (Å²) in [5.41, 5.74) is 1.05. The van der Waals surface area contributed by atoms with E-state index in [4.69, 9.17) is 21.1 Å². The standard InChI is InChI=1S/C21H27ClN2O5S/c1-6-19(24(30(5,26)27)16-9-7-8-15(22)12-16)21(25)23-14(2)18-13-17(28-3)10-11-20(18)29-4/h7-14,19H,6H2,1-5H3,(H,23,25)/t14-,19-/m1/s1. The van der Waals surface area contributed by atoms with E-state index >= 15 is 0 Å². The molecule has 0 unspecified atom stereocenters. The van der Waals surface area contributed by atoms with Crippen molar-refractivity contribution in [2.75, 3.05) is 24.8 Å². The molecule has 0 fully saturated rings. The maximum absolute atomic E-state index is 13.1. The van der Waals surface area contributed by atoms with E-state index in [1.165, 1.54) is 6.07 Å². The molecular formula is C21H27ClN2O5S. The molecule has 2 atom stereocenters. The molecule has 2 aromatic carbocycles. The Balaban J connectivity index is 2.37. The van der Waals surface area contributed by atoms with Crippen LogP contribution in [0.15, 0.2) is 42.5 Å². The molecule has 1 amide bonds. The lowest BCUT2D eigenvalue weighted by molar-refractivity contribution is -0.122. The number of nitrogens with zero attached hydrogens (tertiary/aromatic N) is 1. The Kier molecular flexibility index (Phi) is 7.97. The maximum atomic E-state index is 13.1. The summed E-state index contributed by atoms with van der Waals surface area (Å²) in [6.45, 7) is 3.55. The molecule has 0 aromatic heterocycles. The number of rotatable bonds is 9. The summed E-state index contributed by atoms with van der Waals surface area (Å²) < 4.78 is 36.9. The minimum absolute atomic E-state index is 0.271. The number of nitrogens with one attached hydrogen (secondary N) is 1. The van der Waals surface area contributed by atoms with Crippen LogP contribution in [0.2, 0.25) is 5.02 Å². The zero-order chi connectivity index (χ0) is 22.5. The van der Waals surface area contributed by atoms with Crippen LogP contribution in [0.1, 0.15) is 31.9 Å². The number of carbonyl (C=O) groups is 1. The highest BCUT2D eigenvalue weighted by Crippen LogP contribution is 2.30. The Labute approximate surface area is 183 Å². The SMILES string of the molecule is CC[C@H](C(=O)N[C@H](C)c1cc(OC)ccc1OC)N(c1cccc(Cl)c1)S(C)(=O)=O. The third-order valence-corrected chi connectivity index (χ3v) is 6.07. The molecule has 7 nitrogen and oxygen atoms in total. The van der Waals surface area contributed by atoms with Gasteiger partial charge in [-0.05, 0) is 49.7 Å². The minimum Gasteiger partial charge on any atom is -0.497 e. The van der Waals surface area contributed by atoms with Crippen LogP contribution in [0.25, 0.3) is 0 Å². The molecule has 0 bridgehead atoms. The van der Waals surface area contributed by atoms with E-state index in [2.05, 4.69) is 5.32 Å². The molecular weight excluding hydrogens is 428 g/mol. The second kappa shape index (κ2) is 10.0. The van der Waals surface area contributed by atoms with Gasteiger partial charge in [-0.25, -0.2) is 8.42 Å². The van der Waals surface area contributed by atoms with Gasteiger partial charge in [0.2, 0.25) is 15.9 Å². The molecule has 0 saturated carbocycles. The Morgan fingerprint density at radius 2 is 1.87 bits per heavy atom. The number of sulfonamides is 1. The summed E-state index contributed by atoms with van der Waals surface area (Å²) in [5, 5.41) is 3.28. The van der Waals surface area contributed by atoms with Gasteiger partial charge in [-0.3, -0.25) is 9.10 Å². The third kappa shape index (κ3) is 5.58. The number of ether oxygens (including phenoxy) is 2.